The monoisotopic (exact) mass is 191 g/mol. The van der Waals surface area contributed by atoms with Crippen molar-refractivity contribution in [2.75, 3.05) is 6.61 Å². The Balaban J connectivity index is 2.70. The van der Waals surface area contributed by atoms with E-state index in [1.807, 2.05) is 0 Å². The lowest BCUT2D eigenvalue weighted by Crippen LogP contribution is -2.25. The van der Waals surface area contributed by atoms with Crippen LogP contribution in [0.25, 0.3) is 0 Å². The van der Waals surface area contributed by atoms with Crippen molar-refractivity contribution >= 4 is 7.60 Å². The normalized spacial score (nSPS) is 38.8. The summed E-state index contributed by atoms with van der Waals surface area (Å²) in [7, 11) is -3.63. The van der Waals surface area contributed by atoms with Gasteiger partial charge in [0, 0.05) is 5.92 Å². The Labute approximate surface area is 71.9 Å². The van der Waals surface area contributed by atoms with Gasteiger partial charge >= 0.3 is 7.60 Å². The smallest absolute Gasteiger partial charge is 0.323 e. The minimum Gasteiger partial charge on any atom is -0.323 e. The third kappa shape index (κ3) is 1.36. The fourth-order valence-corrected chi connectivity index (χ4v) is 2.74. The number of rotatable bonds is 4. The topological polar surface area (TPSA) is 72.6 Å². The molecule has 0 aromatic carbocycles. The summed E-state index contributed by atoms with van der Waals surface area (Å²) in [5.41, 5.74) is 5.66. The molecule has 0 aliphatic heterocycles. The molecule has 70 valence electrons. The summed E-state index contributed by atoms with van der Waals surface area (Å²) in [6, 6.07) is 0. The Hall–Kier alpha value is -0.150. The summed E-state index contributed by atoms with van der Waals surface area (Å²) in [6.45, 7) is 5.39. The van der Waals surface area contributed by atoms with Crippen molar-refractivity contribution in [3.8, 4) is 0 Å². The van der Waals surface area contributed by atoms with Gasteiger partial charge in [0.2, 0.25) is 0 Å². The van der Waals surface area contributed by atoms with Gasteiger partial charge in [-0.05, 0) is 13.3 Å². The van der Waals surface area contributed by atoms with Crippen LogP contribution in [0.3, 0.4) is 0 Å². The highest BCUT2D eigenvalue weighted by Gasteiger charge is 2.62. The molecule has 0 aromatic rings. The summed E-state index contributed by atoms with van der Waals surface area (Å²) in [4.78, 5) is 9.38. The zero-order valence-corrected chi connectivity index (χ0v) is 7.96. The average Bonchev–Trinajstić information content (AvgIpc) is 2.63. The molecule has 0 saturated heterocycles. The summed E-state index contributed by atoms with van der Waals surface area (Å²) in [6.07, 6.45) is 2.09. The Morgan fingerprint density at radius 3 is 2.92 bits per heavy atom. The predicted molar refractivity (Wildman–Crippen MR) is 46.7 cm³/mol. The molecule has 0 aromatic heterocycles. The van der Waals surface area contributed by atoms with E-state index in [-0.39, 0.29) is 12.5 Å². The van der Waals surface area contributed by atoms with E-state index >= 15 is 0 Å². The molecule has 3 unspecified atom stereocenters. The Morgan fingerprint density at radius 2 is 2.58 bits per heavy atom. The zero-order chi connectivity index (χ0) is 9.41. The third-order valence-corrected chi connectivity index (χ3v) is 4.32. The van der Waals surface area contributed by atoms with Crippen molar-refractivity contribution in [3.63, 3.8) is 0 Å². The molecule has 1 aliphatic carbocycles. The molecular formula is C7H14NO3P. The maximum absolute atomic E-state index is 11.4. The van der Waals surface area contributed by atoms with Gasteiger partial charge in [0.1, 0.15) is 5.28 Å². The van der Waals surface area contributed by atoms with Crippen molar-refractivity contribution in [2.24, 2.45) is 11.7 Å². The first-order valence-electron chi connectivity index (χ1n) is 3.87. The first-order chi connectivity index (χ1) is 5.48. The maximum atomic E-state index is 11.4. The highest BCUT2D eigenvalue weighted by Crippen LogP contribution is 2.68. The highest BCUT2D eigenvalue weighted by atomic mass is 31.2. The Bertz CT molecular complexity index is 243. The van der Waals surface area contributed by atoms with E-state index in [1.54, 1.807) is 13.0 Å². The van der Waals surface area contributed by atoms with Crippen LogP contribution in [0.1, 0.15) is 13.3 Å². The van der Waals surface area contributed by atoms with Crippen LogP contribution in [0.2, 0.25) is 0 Å². The lowest BCUT2D eigenvalue weighted by molar-refractivity contribution is 0.260. The first-order valence-corrected chi connectivity index (χ1v) is 5.44. The van der Waals surface area contributed by atoms with Crippen molar-refractivity contribution in [3.05, 3.63) is 12.7 Å². The van der Waals surface area contributed by atoms with E-state index in [2.05, 4.69) is 6.58 Å². The van der Waals surface area contributed by atoms with Gasteiger partial charge in [0.25, 0.3) is 0 Å². The fraction of sp³-hybridized carbons (Fsp3) is 0.714. The van der Waals surface area contributed by atoms with Crippen LogP contribution in [-0.2, 0) is 9.09 Å². The summed E-state index contributed by atoms with van der Waals surface area (Å²) >= 11 is 0. The second kappa shape index (κ2) is 2.96. The molecule has 0 spiro atoms. The van der Waals surface area contributed by atoms with Gasteiger partial charge in [0.15, 0.2) is 0 Å². The first kappa shape index (κ1) is 9.93. The van der Waals surface area contributed by atoms with E-state index in [0.717, 1.165) is 0 Å². The molecule has 1 aliphatic rings. The van der Waals surface area contributed by atoms with Gasteiger partial charge in [-0.15, -0.1) is 6.58 Å². The van der Waals surface area contributed by atoms with E-state index in [4.69, 9.17) is 10.3 Å². The molecule has 1 saturated carbocycles. The molecule has 3 atom stereocenters. The standard InChI is InChI=1S/C7H14NO3P/c1-3-6-5-7(6,8)12(9,10)11-4-2/h3,6H,1,4-5,8H2,2H3,(H,9,10). The second-order valence-electron chi connectivity index (χ2n) is 2.98. The third-order valence-electron chi connectivity index (χ3n) is 2.14. The Morgan fingerprint density at radius 1 is 2.00 bits per heavy atom. The molecule has 3 N–H and O–H groups in total. The lowest BCUT2D eigenvalue weighted by Gasteiger charge is -2.17. The zero-order valence-electron chi connectivity index (χ0n) is 7.06. The van der Waals surface area contributed by atoms with E-state index < -0.39 is 12.9 Å². The molecule has 0 heterocycles. The molecule has 4 nitrogen and oxygen atoms in total. The van der Waals surface area contributed by atoms with Gasteiger partial charge in [-0.25, -0.2) is 0 Å². The van der Waals surface area contributed by atoms with Gasteiger partial charge in [-0.1, -0.05) is 6.08 Å². The second-order valence-corrected chi connectivity index (χ2v) is 5.11. The molecule has 0 bridgehead atoms. The quantitative estimate of drug-likeness (QED) is 0.515. The molecule has 12 heavy (non-hydrogen) atoms. The largest absolute Gasteiger partial charge is 0.348 e. The van der Waals surface area contributed by atoms with Crippen LogP contribution in [0.4, 0.5) is 0 Å². The lowest BCUT2D eigenvalue weighted by atomic mass is 10.4. The molecule has 5 heteroatoms. The van der Waals surface area contributed by atoms with Crippen molar-refractivity contribution in [1.29, 1.82) is 0 Å². The summed E-state index contributed by atoms with van der Waals surface area (Å²) in [5, 5.41) is -1.06. The number of hydrogen-bond acceptors (Lipinski definition) is 3. The van der Waals surface area contributed by atoms with E-state index in [1.165, 1.54) is 0 Å². The average molecular weight is 191 g/mol. The van der Waals surface area contributed by atoms with E-state index in [0.29, 0.717) is 6.42 Å². The van der Waals surface area contributed by atoms with Crippen LogP contribution >= 0.6 is 7.60 Å². The minimum atomic E-state index is -3.63. The van der Waals surface area contributed by atoms with E-state index in [9.17, 15) is 9.46 Å². The van der Waals surface area contributed by atoms with Crippen LogP contribution < -0.4 is 5.73 Å². The van der Waals surface area contributed by atoms with Gasteiger partial charge in [-0.2, -0.15) is 0 Å². The fourth-order valence-electron chi connectivity index (χ4n) is 1.20. The summed E-state index contributed by atoms with van der Waals surface area (Å²) in [5.74, 6) is -0.0834. The van der Waals surface area contributed by atoms with Gasteiger partial charge in [0.05, 0.1) is 6.61 Å². The molecule has 0 amide bonds. The highest BCUT2D eigenvalue weighted by molar-refractivity contribution is 7.55. The van der Waals surface area contributed by atoms with Crippen molar-refractivity contribution in [1.82, 2.24) is 0 Å². The molecule has 1 fully saturated rings. The molecular weight excluding hydrogens is 177 g/mol. The van der Waals surface area contributed by atoms with Gasteiger partial charge in [-0.3, -0.25) is 4.57 Å². The Kier molecular flexibility index (Phi) is 2.45. The SMILES string of the molecule is C=CC1CC1(N)P(=O)(O)OCC. The number of nitrogens with two attached hydrogens (primary N) is 1. The van der Waals surface area contributed by atoms with Crippen LogP contribution in [-0.4, -0.2) is 16.8 Å². The minimum absolute atomic E-state index is 0.0834. The van der Waals surface area contributed by atoms with Crippen LogP contribution in [0.5, 0.6) is 0 Å². The van der Waals surface area contributed by atoms with Gasteiger partial charge < -0.3 is 15.2 Å². The number of hydrogen-bond donors (Lipinski definition) is 2. The molecule has 0 radical (unpaired) electrons. The maximum Gasteiger partial charge on any atom is 0.348 e. The van der Waals surface area contributed by atoms with Crippen molar-refractivity contribution in [2.45, 2.75) is 18.6 Å². The predicted octanol–water partition coefficient (Wildman–Crippen LogP) is 1.07. The van der Waals surface area contributed by atoms with Crippen molar-refractivity contribution < 1.29 is 14.0 Å². The molecule has 1 rings (SSSR count). The summed E-state index contributed by atoms with van der Waals surface area (Å²) < 4.78 is 16.2. The van der Waals surface area contributed by atoms with Crippen LogP contribution in [0.15, 0.2) is 12.7 Å². The van der Waals surface area contributed by atoms with Crippen LogP contribution in [0, 0.1) is 5.92 Å².